The number of benzene rings is 2. The van der Waals surface area contributed by atoms with Gasteiger partial charge in [0.05, 0.1) is 17.5 Å². The summed E-state index contributed by atoms with van der Waals surface area (Å²) in [6.45, 7) is 0.228. The van der Waals surface area contributed by atoms with Crippen LogP contribution in [0.15, 0.2) is 66.5 Å². The maximum absolute atomic E-state index is 13.0. The van der Waals surface area contributed by atoms with E-state index in [1.165, 1.54) is 12.1 Å². The summed E-state index contributed by atoms with van der Waals surface area (Å²) in [6.07, 6.45) is 0.470. The lowest BCUT2D eigenvalue weighted by atomic mass is 10.1. The molecule has 130 valence electrons. The van der Waals surface area contributed by atoms with Gasteiger partial charge in [-0.2, -0.15) is 0 Å². The van der Waals surface area contributed by atoms with Crippen molar-refractivity contribution in [2.75, 3.05) is 13.2 Å². The van der Waals surface area contributed by atoms with E-state index in [0.717, 1.165) is 22.2 Å². The van der Waals surface area contributed by atoms with Crippen LogP contribution < -0.4 is 10.5 Å². The second kappa shape index (κ2) is 8.55. The minimum absolute atomic E-state index is 0. The fraction of sp³-hybridized carbons (Fsp3) is 0.105. The van der Waals surface area contributed by atoms with Crippen LogP contribution >= 0.6 is 12.4 Å². The predicted octanol–water partition coefficient (Wildman–Crippen LogP) is 4.65. The molecule has 0 bridgehead atoms. The zero-order valence-corrected chi connectivity index (χ0v) is 14.1. The van der Waals surface area contributed by atoms with E-state index in [9.17, 15) is 8.78 Å². The normalized spacial score (nSPS) is 11.2. The van der Waals surface area contributed by atoms with Crippen molar-refractivity contribution in [3.05, 3.63) is 72.3 Å². The van der Waals surface area contributed by atoms with E-state index in [4.69, 9.17) is 10.5 Å². The second-order valence-corrected chi connectivity index (χ2v) is 5.32. The third kappa shape index (κ3) is 4.53. The van der Waals surface area contributed by atoms with Crippen LogP contribution in [-0.4, -0.2) is 18.1 Å². The monoisotopic (exact) mass is 362 g/mol. The van der Waals surface area contributed by atoms with Crippen molar-refractivity contribution in [3.8, 4) is 17.0 Å². The van der Waals surface area contributed by atoms with Gasteiger partial charge in [-0.1, -0.05) is 6.07 Å². The van der Waals surface area contributed by atoms with E-state index >= 15 is 0 Å². The molecule has 0 saturated carbocycles. The van der Waals surface area contributed by atoms with Crippen molar-refractivity contribution in [1.82, 2.24) is 4.98 Å². The summed E-state index contributed by atoms with van der Waals surface area (Å²) in [5, 5.41) is 0.900. The van der Waals surface area contributed by atoms with Crippen molar-refractivity contribution >= 4 is 23.3 Å². The molecule has 1 aromatic heterocycles. The Kier molecular flexibility index (Phi) is 6.44. The minimum Gasteiger partial charge on any atom is -0.489 e. The van der Waals surface area contributed by atoms with Crippen LogP contribution in [-0.2, 0) is 0 Å². The number of hydrogen-bond donors (Lipinski definition) is 1. The highest BCUT2D eigenvalue weighted by atomic mass is 35.5. The molecule has 0 aliphatic rings. The van der Waals surface area contributed by atoms with E-state index < -0.39 is 0 Å². The van der Waals surface area contributed by atoms with Gasteiger partial charge in [0.25, 0.3) is 0 Å². The molecule has 2 aromatic carbocycles. The summed E-state index contributed by atoms with van der Waals surface area (Å²) in [6, 6.07) is 15.4. The lowest BCUT2D eigenvalue weighted by Crippen LogP contribution is -2.10. The molecular formula is C19H17ClF2N2O. The van der Waals surface area contributed by atoms with Crippen molar-refractivity contribution in [2.24, 2.45) is 5.73 Å². The van der Waals surface area contributed by atoms with Crippen LogP contribution in [0.4, 0.5) is 8.78 Å². The SMILES string of the molecule is Cl.NC/C(=C/F)COc1ccc2nc(-c3ccc(F)cc3)ccc2c1. The summed E-state index contributed by atoms with van der Waals surface area (Å²) in [4.78, 5) is 4.57. The summed E-state index contributed by atoms with van der Waals surface area (Å²) in [5.74, 6) is 0.340. The number of nitrogens with two attached hydrogens (primary N) is 1. The van der Waals surface area contributed by atoms with E-state index in [2.05, 4.69) is 4.98 Å². The summed E-state index contributed by atoms with van der Waals surface area (Å²) >= 11 is 0. The molecule has 0 spiro atoms. The van der Waals surface area contributed by atoms with Gasteiger partial charge in [0.15, 0.2) is 0 Å². The first-order valence-corrected chi connectivity index (χ1v) is 7.47. The van der Waals surface area contributed by atoms with Crippen molar-refractivity contribution in [3.63, 3.8) is 0 Å². The molecule has 6 heteroatoms. The van der Waals surface area contributed by atoms with Gasteiger partial charge in [-0.25, -0.2) is 13.8 Å². The minimum atomic E-state index is -0.277. The van der Waals surface area contributed by atoms with Gasteiger partial charge in [-0.3, -0.25) is 0 Å². The van der Waals surface area contributed by atoms with E-state index in [0.29, 0.717) is 17.7 Å². The third-order valence-electron chi connectivity index (χ3n) is 3.64. The fourth-order valence-corrected chi connectivity index (χ4v) is 2.29. The van der Waals surface area contributed by atoms with Gasteiger partial charge < -0.3 is 10.5 Å². The molecule has 3 aromatic rings. The molecule has 0 aliphatic heterocycles. The molecule has 0 fully saturated rings. The van der Waals surface area contributed by atoms with Crippen LogP contribution in [0.2, 0.25) is 0 Å². The maximum Gasteiger partial charge on any atom is 0.123 e. The maximum atomic E-state index is 13.0. The Hall–Kier alpha value is -2.50. The first-order chi connectivity index (χ1) is 11.7. The number of halogens is 3. The first-order valence-electron chi connectivity index (χ1n) is 7.47. The van der Waals surface area contributed by atoms with Crippen molar-refractivity contribution in [1.29, 1.82) is 0 Å². The Morgan fingerprint density at radius 1 is 1.08 bits per heavy atom. The molecule has 0 saturated heterocycles. The van der Waals surface area contributed by atoms with Crippen LogP contribution in [0.3, 0.4) is 0 Å². The van der Waals surface area contributed by atoms with Crippen LogP contribution in [0.25, 0.3) is 22.2 Å². The molecule has 3 nitrogen and oxygen atoms in total. The molecule has 1 heterocycles. The van der Waals surface area contributed by atoms with Crippen LogP contribution in [0, 0.1) is 5.82 Å². The number of rotatable bonds is 5. The van der Waals surface area contributed by atoms with Crippen molar-refractivity contribution < 1.29 is 13.5 Å². The fourth-order valence-electron chi connectivity index (χ4n) is 2.29. The molecule has 0 amide bonds. The van der Waals surface area contributed by atoms with Crippen LogP contribution in [0.5, 0.6) is 5.75 Å². The summed E-state index contributed by atoms with van der Waals surface area (Å²) in [5.41, 5.74) is 8.19. The molecule has 0 radical (unpaired) electrons. The zero-order chi connectivity index (χ0) is 16.9. The zero-order valence-electron chi connectivity index (χ0n) is 13.3. The summed E-state index contributed by atoms with van der Waals surface area (Å²) < 4.78 is 31.0. The lowest BCUT2D eigenvalue weighted by Gasteiger charge is -2.09. The van der Waals surface area contributed by atoms with E-state index in [1.54, 1.807) is 18.2 Å². The average Bonchev–Trinajstić information content (AvgIpc) is 2.62. The number of nitrogens with zero attached hydrogens (tertiary/aromatic N) is 1. The van der Waals surface area contributed by atoms with Gasteiger partial charge in [-0.05, 0) is 48.5 Å². The van der Waals surface area contributed by atoms with Gasteiger partial charge >= 0.3 is 0 Å². The predicted molar refractivity (Wildman–Crippen MR) is 98.1 cm³/mol. The van der Waals surface area contributed by atoms with Gasteiger partial charge in [0.1, 0.15) is 18.2 Å². The standard InChI is InChI=1S/C19H16F2N2O.ClH/c20-10-13(11-22)12-24-17-6-8-19-15(9-17)3-7-18(23-19)14-1-4-16(21)5-2-14;/h1-10H,11-12,22H2;1H/b13-10-;. The second-order valence-electron chi connectivity index (χ2n) is 5.32. The number of pyridine rings is 1. The topological polar surface area (TPSA) is 48.1 Å². The number of ether oxygens (including phenoxy) is 1. The lowest BCUT2D eigenvalue weighted by molar-refractivity contribution is 0.348. The van der Waals surface area contributed by atoms with Crippen molar-refractivity contribution in [2.45, 2.75) is 0 Å². The number of aromatic nitrogens is 1. The highest BCUT2D eigenvalue weighted by molar-refractivity contribution is 5.85. The highest BCUT2D eigenvalue weighted by Crippen LogP contribution is 2.24. The Labute approximate surface area is 150 Å². The Morgan fingerprint density at radius 2 is 1.84 bits per heavy atom. The van der Waals surface area contributed by atoms with Gasteiger partial charge in [0, 0.05) is 23.1 Å². The quantitative estimate of drug-likeness (QED) is 0.718. The third-order valence-corrected chi connectivity index (χ3v) is 3.64. The van der Waals surface area contributed by atoms with Gasteiger partial charge in [0.2, 0.25) is 0 Å². The Morgan fingerprint density at radius 3 is 2.52 bits per heavy atom. The Bertz CT molecular complexity index is 882. The van der Waals surface area contributed by atoms with Crippen LogP contribution in [0.1, 0.15) is 0 Å². The summed E-state index contributed by atoms with van der Waals surface area (Å²) in [7, 11) is 0. The largest absolute Gasteiger partial charge is 0.489 e. The Balaban J connectivity index is 0.00000225. The molecule has 3 rings (SSSR count). The smallest absolute Gasteiger partial charge is 0.123 e. The molecule has 25 heavy (non-hydrogen) atoms. The molecule has 2 N–H and O–H groups in total. The highest BCUT2D eigenvalue weighted by Gasteiger charge is 2.04. The van der Waals surface area contributed by atoms with Gasteiger partial charge in [-0.15, -0.1) is 12.4 Å². The van der Waals surface area contributed by atoms with E-state index in [-0.39, 0.29) is 31.4 Å². The molecule has 0 atom stereocenters. The molecular weight excluding hydrogens is 346 g/mol. The van der Waals surface area contributed by atoms with E-state index in [1.807, 2.05) is 24.3 Å². The number of fused-ring (bicyclic) bond motifs is 1. The molecule has 0 aliphatic carbocycles. The number of hydrogen-bond acceptors (Lipinski definition) is 3. The average molecular weight is 363 g/mol. The first kappa shape index (κ1) is 18.8. The molecule has 0 unspecified atom stereocenters.